The predicted molar refractivity (Wildman–Crippen MR) is 65.7 cm³/mol. The number of hydrogen-bond donors (Lipinski definition) is 1. The molecule has 5 nitrogen and oxygen atoms in total. The van der Waals surface area contributed by atoms with E-state index >= 15 is 0 Å². The topological polar surface area (TPSA) is 63.8 Å². The second-order valence-corrected chi connectivity index (χ2v) is 4.70. The van der Waals surface area contributed by atoms with E-state index in [1.807, 2.05) is 11.6 Å². The number of aliphatic hydroxyl groups excluding tert-OH is 1. The highest BCUT2D eigenvalue weighted by atomic mass is 35.5. The Morgan fingerprint density at radius 1 is 1.29 bits per heavy atom. The van der Waals surface area contributed by atoms with E-state index in [9.17, 15) is 0 Å². The number of rotatable bonds is 4. The molecule has 0 aliphatic heterocycles. The molecule has 1 N–H and O–H groups in total. The van der Waals surface area contributed by atoms with Crippen LogP contribution < -0.4 is 0 Å². The third-order valence-corrected chi connectivity index (χ3v) is 3.50. The fourth-order valence-corrected chi connectivity index (χ4v) is 2.22. The first-order chi connectivity index (χ1) is 8.20. The van der Waals surface area contributed by atoms with Gasteiger partial charge < -0.3 is 9.67 Å². The molecule has 0 amide bonds. The molecule has 0 atom stereocenters. The van der Waals surface area contributed by atoms with Gasteiger partial charge in [-0.05, 0) is 0 Å². The fraction of sp³-hybridized carbons (Fsp3) is 0.300. The second kappa shape index (κ2) is 5.48. The van der Waals surface area contributed by atoms with Crippen LogP contribution in [0, 0.1) is 0 Å². The molecule has 7 heteroatoms. The van der Waals surface area contributed by atoms with Crippen LogP contribution in [0.4, 0.5) is 0 Å². The van der Waals surface area contributed by atoms with Crippen molar-refractivity contribution in [2.75, 3.05) is 0 Å². The number of aliphatic hydroxyl groups is 1. The van der Waals surface area contributed by atoms with Crippen LogP contribution >= 0.6 is 23.4 Å². The standard InChI is InChI=1S/C10H11ClN4OS/c1-15-8(5-16)3-14-10(15)17-6-7-2-13-9(11)4-12-7/h2-4,16H,5-6H2,1H3. The molecular weight excluding hydrogens is 260 g/mol. The first-order valence-corrected chi connectivity index (χ1v) is 6.27. The summed E-state index contributed by atoms with van der Waals surface area (Å²) in [7, 11) is 1.87. The van der Waals surface area contributed by atoms with Gasteiger partial charge in [0.15, 0.2) is 5.16 Å². The summed E-state index contributed by atoms with van der Waals surface area (Å²) in [5.74, 6) is 0.667. The molecule has 17 heavy (non-hydrogen) atoms. The van der Waals surface area contributed by atoms with Crippen LogP contribution in [0.5, 0.6) is 0 Å². The Balaban J connectivity index is 2.02. The molecular formula is C10H11ClN4OS. The summed E-state index contributed by atoms with van der Waals surface area (Å²) in [5.41, 5.74) is 1.63. The van der Waals surface area contributed by atoms with Gasteiger partial charge in [-0.25, -0.2) is 9.97 Å². The predicted octanol–water partition coefficient (Wildman–Crippen LogP) is 1.65. The molecule has 0 aliphatic carbocycles. The highest BCUT2D eigenvalue weighted by Gasteiger charge is 2.06. The van der Waals surface area contributed by atoms with Gasteiger partial charge >= 0.3 is 0 Å². The molecule has 2 rings (SSSR count). The van der Waals surface area contributed by atoms with Crippen molar-refractivity contribution in [2.45, 2.75) is 17.5 Å². The fourth-order valence-electron chi connectivity index (χ4n) is 1.26. The third kappa shape index (κ3) is 2.96. The van der Waals surface area contributed by atoms with E-state index in [0.29, 0.717) is 10.9 Å². The van der Waals surface area contributed by atoms with E-state index < -0.39 is 0 Å². The van der Waals surface area contributed by atoms with Crippen molar-refractivity contribution >= 4 is 23.4 Å². The van der Waals surface area contributed by atoms with E-state index in [2.05, 4.69) is 15.0 Å². The lowest BCUT2D eigenvalue weighted by atomic mass is 10.5. The van der Waals surface area contributed by atoms with Crippen molar-refractivity contribution in [1.29, 1.82) is 0 Å². The SMILES string of the molecule is Cn1c(CO)cnc1SCc1cnc(Cl)cn1. The maximum Gasteiger partial charge on any atom is 0.168 e. The number of aromatic nitrogens is 4. The Bertz CT molecular complexity index is 500. The van der Waals surface area contributed by atoms with Gasteiger partial charge in [0.25, 0.3) is 0 Å². The number of halogens is 1. The molecule has 0 fully saturated rings. The molecule has 0 saturated carbocycles. The highest BCUT2D eigenvalue weighted by molar-refractivity contribution is 7.98. The van der Waals surface area contributed by atoms with E-state index in [1.165, 1.54) is 18.0 Å². The minimum absolute atomic E-state index is 0.00912. The Hall–Kier alpha value is -1.11. The third-order valence-electron chi connectivity index (χ3n) is 2.23. The van der Waals surface area contributed by atoms with Gasteiger partial charge in [0.05, 0.1) is 36.6 Å². The quantitative estimate of drug-likeness (QED) is 0.856. The minimum Gasteiger partial charge on any atom is -0.390 e. The Labute approximate surface area is 108 Å². The van der Waals surface area contributed by atoms with Crippen LogP contribution in [0.1, 0.15) is 11.4 Å². The average Bonchev–Trinajstić information content (AvgIpc) is 2.69. The average molecular weight is 271 g/mol. The van der Waals surface area contributed by atoms with Crippen LogP contribution in [0.25, 0.3) is 0 Å². The van der Waals surface area contributed by atoms with Crippen molar-refractivity contribution in [3.63, 3.8) is 0 Å². The smallest absolute Gasteiger partial charge is 0.168 e. The van der Waals surface area contributed by atoms with Crippen molar-refractivity contribution in [3.05, 3.63) is 35.1 Å². The van der Waals surface area contributed by atoms with Crippen molar-refractivity contribution in [3.8, 4) is 0 Å². The maximum atomic E-state index is 9.04. The van der Waals surface area contributed by atoms with E-state index in [0.717, 1.165) is 16.5 Å². The van der Waals surface area contributed by atoms with Gasteiger partial charge in [-0.2, -0.15) is 0 Å². The zero-order valence-electron chi connectivity index (χ0n) is 9.17. The minimum atomic E-state index is -0.00912. The lowest BCUT2D eigenvalue weighted by molar-refractivity contribution is 0.271. The summed E-state index contributed by atoms with van der Waals surface area (Å²) < 4.78 is 1.86. The maximum absolute atomic E-state index is 9.04. The summed E-state index contributed by atoms with van der Waals surface area (Å²) in [4.78, 5) is 12.3. The summed E-state index contributed by atoms with van der Waals surface area (Å²) in [6, 6.07) is 0. The number of hydrogen-bond acceptors (Lipinski definition) is 5. The second-order valence-electron chi connectivity index (χ2n) is 3.37. The zero-order chi connectivity index (χ0) is 12.3. The molecule has 0 saturated heterocycles. The van der Waals surface area contributed by atoms with E-state index in [1.54, 1.807) is 12.4 Å². The molecule has 2 heterocycles. The van der Waals surface area contributed by atoms with Crippen molar-refractivity contribution in [1.82, 2.24) is 19.5 Å². The molecule has 0 aromatic carbocycles. The molecule has 0 spiro atoms. The van der Waals surface area contributed by atoms with Gasteiger partial charge in [-0.1, -0.05) is 23.4 Å². The van der Waals surface area contributed by atoms with Gasteiger partial charge in [-0.15, -0.1) is 0 Å². The molecule has 0 bridgehead atoms. The van der Waals surface area contributed by atoms with Crippen LogP contribution in [-0.4, -0.2) is 24.6 Å². The molecule has 0 radical (unpaired) electrons. The Kier molecular flexibility index (Phi) is 3.98. The summed E-state index contributed by atoms with van der Waals surface area (Å²) in [5, 5.41) is 10.3. The van der Waals surface area contributed by atoms with Crippen LogP contribution in [-0.2, 0) is 19.4 Å². The van der Waals surface area contributed by atoms with Crippen molar-refractivity contribution < 1.29 is 5.11 Å². The lowest BCUT2D eigenvalue weighted by Crippen LogP contribution is -1.98. The first-order valence-electron chi connectivity index (χ1n) is 4.91. The molecule has 90 valence electrons. The first kappa shape index (κ1) is 12.3. The van der Waals surface area contributed by atoms with Gasteiger partial charge in [-0.3, -0.25) is 4.98 Å². The summed E-state index contributed by atoms with van der Waals surface area (Å²) >= 11 is 7.19. The summed E-state index contributed by atoms with van der Waals surface area (Å²) in [6.07, 6.45) is 4.83. The number of imidazole rings is 1. The summed E-state index contributed by atoms with van der Waals surface area (Å²) in [6.45, 7) is -0.00912. The van der Waals surface area contributed by atoms with Gasteiger partial charge in [0, 0.05) is 12.8 Å². The highest BCUT2D eigenvalue weighted by Crippen LogP contribution is 2.21. The monoisotopic (exact) mass is 270 g/mol. The van der Waals surface area contributed by atoms with Gasteiger partial charge in [0.1, 0.15) is 5.15 Å². The molecule has 2 aromatic rings. The number of nitrogens with zero attached hydrogens (tertiary/aromatic N) is 4. The lowest BCUT2D eigenvalue weighted by Gasteiger charge is -2.03. The zero-order valence-corrected chi connectivity index (χ0v) is 10.7. The van der Waals surface area contributed by atoms with Gasteiger partial charge in [0.2, 0.25) is 0 Å². The molecule has 2 aromatic heterocycles. The van der Waals surface area contributed by atoms with Crippen LogP contribution in [0.2, 0.25) is 5.15 Å². The normalized spacial score (nSPS) is 10.8. The van der Waals surface area contributed by atoms with Crippen LogP contribution in [0.15, 0.2) is 23.7 Å². The number of thioether (sulfide) groups is 1. The van der Waals surface area contributed by atoms with E-state index in [4.69, 9.17) is 16.7 Å². The van der Waals surface area contributed by atoms with Crippen LogP contribution in [0.3, 0.4) is 0 Å². The molecule has 0 unspecified atom stereocenters. The van der Waals surface area contributed by atoms with Crippen molar-refractivity contribution in [2.24, 2.45) is 7.05 Å². The largest absolute Gasteiger partial charge is 0.390 e. The van der Waals surface area contributed by atoms with E-state index in [-0.39, 0.29) is 6.61 Å². The Morgan fingerprint density at radius 3 is 2.71 bits per heavy atom. The molecule has 0 aliphatic rings. The Morgan fingerprint density at radius 2 is 2.12 bits per heavy atom.